The largest absolute Gasteiger partial charge is 0.497 e. The van der Waals surface area contributed by atoms with Crippen molar-refractivity contribution >= 4 is 16.8 Å². The van der Waals surface area contributed by atoms with Crippen LogP contribution in [-0.4, -0.2) is 35.1 Å². The highest BCUT2D eigenvalue weighted by Gasteiger charge is 2.28. The second-order valence-corrected chi connectivity index (χ2v) is 5.76. The lowest BCUT2D eigenvalue weighted by molar-refractivity contribution is 0.0748. The maximum Gasteiger partial charge on any atom is 0.257 e. The number of hydrogen-bond acceptors (Lipinski definition) is 2. The minimum absolute atomic E-state index is 0.105. The predicted octanol–water partition coefficient (Wildman–Crippen LogP) is 3.29. The smallest absolute Gasteiger partial charge is 0.257 e. The van der Waals surface area contributed by atoms with E-state index in [1.54, 1.807) is 7.11 Å². The molecule has 0 unspecified atom stereocenters. The van der Waals surface area contributed by atoms with Crippen LogP contribution in [0.5, 0.6) is 5.75 Å². The Labute approximate surface area is 131 Å². The van der Waals surface area contributed by atoms with Gasteiger partial charge in [0.1, 0.15) is 5.75 Å². The number of aromatic nitrogens is 1. The van der Waals surface area contributed by atoms with Gasteiger partial charge in [-0.1, -0.05) is 19.1 Å². The van der Waals surface area contributed by atoms with Gasteiger partial charge in [-0.2, -0.15) is 0 Å². The van der Waals surface area contributed by atoms with E-state index in [-0.39, 0.29) is 11.9 Å². The Balaban J connectivity index is 2.13. The summed E-state index contributed by atoms with van der Waals surface area (Å²) in [4.78, 5) is 15.0. The van der Waals surface area contributed by atoms with Crippen LogP contribution >= 0.6 is 0 Å². The van der Waals surface area contributed by atoms with Gasteiger partial charge in [0.05, 0.1) is 18.7 Å². The van der Waals surface area contributed by atoms with Crippen LogP contribution in [-0.2, 0) is 7.05 Å². The van der Waals surface area contributed by atoms with Gasteiger partial charge >= 0.3 is 0 Å². The van der Waals surface area contributed by atoms with Gasteiger partial charge in [0.2, 0.25) is 0 Å². The van der Waals surface area contributed by atoms with Crippen molar-refractivity contribution < 1.29 is 9.53 Å². The molecule has 1 aliphatic rings. The molecule has 116 valence electrons. The Hall–Kier alpha value is -2.23. The normalized spacial score (nSPS) is 17.5. The van der Waals surface area contributed by atoms with E-state index in [1.807, 2.05) is 37.1 Å². The van der Waals surface area contributed by atoms with Gasteiger partial charge in [0, 0.05) is 30.2 Å². The topological polar surface area (TPSA) is 34.5 Å². The number of carbonyl (C=O) groups excluding carboxylic acids is 1. The molecule has 0 N–H and O–H groups in total. The molecule has 1 aromatic carbocycles. The van der Waals surface area contributed by atoms with Crippen LogP contribution < -0.4 is 4.74 Å². The summed E-state index contributed by atoms with van der Waals surface area (Å²) in [7, 11) is 3.65. The van der Waals surface area contributed by atoms with Crippen LogP contribution in [0.3, 0.4) is 0 Å². The third-order valence-electron chi connectivity index (χ3n) is 4.65. The summed E-state index contributed by atoms with van der Waals surface area (Å²) in [6.07, 6.45) is 5.14. The molecule has 0 fully saturated rings. The lowest BCUT2D eigenvalue weighted by Gasteiger charge is -2.23. The molecule has 2 heterocycles. The Morgan fingerprint density at radius 2 is 2.18 bits per heavy atom. The molecule has 0 spiro atoms. The van der Waals surface area contributed by atoms with Crippen LogP contribution in [0, 0.1) is 6.92 Å². The van der Waals surface area contributed by atoms with E-state index < -0.39 is 0 Å². The fourth-order valence-corrected chi connectivity index (χ4v) is 3.25. The number of benzene rings is 1. The predicted molar refractivity (Wildman–Crippen MR) is 88.5 cm³/mol. The van der Waals surface area contributed by atoms with Crippen LogP contribution in [0.2, 0.25) is 0 Å². The summed E-state index contributed by atoms with van der Waals surface area (Å²) in [5, 5.41) is 0.964. The molecule has 3 rings (SSSR count). The summed E-state index contributed by atoms with van der Waals surface area (Å²) in [5.41, 5.74) is 2.84. The lowest BCUT2D eigenvalue weighted by Crippen LogP contribution is -2.36. The maximum absolute atomic E-state index is 13.1. The third-order valence-corrected chi connectivity index (χ3v) is 4.65. The molecule has 1 aliphatic heterocycles. The van der Waals surface area contributed by atoms with Gasteiger partial charge in [0.15, 0.2) is 0 Å². The summed E-state index contributed by atoms with van der Waals surface area (Å²) < 4.78 is 7.40. The van der Waals surface area contributed by atoms with E-state index in [1.165, 1.54) is 0 Å². The van der Waals surface area contributed by atoms with Gasteiger partial charge in [-0.3, -0.25) is 4.79 Å². The van der Waals surface area contributed by atoms with Gasteiger partial charge in [-0.25, -0.2) is 0 Å². The van der Waals surface area contributed by atoms with Gasteiger partial charge in [-0.05, 0) is 31.5 Å². The molecule has 1 atom stereocenters. The van der Waals surface area contributed by atoms with Gasteiger partial charge in [0.25, 0.3) is 5.91 Å². The Morgan fingerprint density at radius 1 is 1.41 bits per heavy atom. The summed E-state index contributed by atoms with van der Waals surface area (Å²) in [6, 6.07) is 6.10. The SMILES string of the molecule is CC[C@H]1C=CCN1C(=O)c1c(C)n(C)c2ccc(OC)cc12. The molecule has 4 heteroatoms. The zero-order valence-electron chi connectivity index (χ0n) is 13.6. The molecule has 1 aromatic heterocycles. The second kappa shape index (κ2) is 5.52. The van der Waals surface area contributed by atoms with Gasteiger partial charge < -0.3 is 14.2 Å². The van der Waals surface area contributed by atoms with Crippen LogP contribution in [0.15, 0.2) is 30.4 Å². The molecule has 0 aliphatic carbocycles. The number of hydrogen-bond donors (Lipinski definition) is 0. The van der Waals surface area contributed by atoms with E-state index in [0.29, 0.717) is 6.54 Å². The minimum Gasteiger partial charge on any atom is -0.497 e. The fourth-order valence-electron chi connectivity index (χ4n) is 3.25. The molecule has 2 aromatic rings. The van der Waals surface area contributed by atoms with Crippen molar-refractivity contribution in [1.29, 1.82) is 0 Å². The van der Waals surface area contributed by atoms with Gasteiger partial charge in [-0.15, -0.1) is 0 Å². The van der Waals surface area contributed by atoms with Crippen LogP contribution in [0.4, 0.5) is 0 Å². The second-order valence-electron chi connectivity index (χ2n) is 5.76. The first-order chi connectivity index (χ1) is 10.6. The molecule has 0 saturated heterocycles. The Morgan fingerprint density at radius 3 is 2.86 bits per heavy atom. The van der Waals surface area contributed by atoms with Crippen molar-refractivity contribution in [2.75, 3.05) is 13.7 Å². The van der Waals surface area contributed by atoms with E-state index in [9.17, 15) is 4.79 Å². The van der Waals surface area contributed by atoms with Crippen molar-refractivity contribution in [3.63, 3.8) is 0 Å². The molecule has 4 nitrogen and oxygen atoms in total. The molecular formula is C18H22N2O2. The first-order valence-corrected chi connectivity index (χ1v) is 7.69. The lowest BCUT2D eigenvalue weighted by atomic mass is 10.1. The summed E-state index contributed by atoms with van der Waals surface area (Å²) in [6.45, 7) is 4.81. The van der Waals surface area contributed by atoms with Crippen molar-refractivity contribution in [3.05, 3.63) is 41.6 Å². The molecule has 1 amide bonds. The zero-order valence-corrected chi connectivity index (χ0v) is 13.6. The maximum atomic E-state index is 13.1. The summed E-state index contributed by atoms with van der Waals surface area (Å²) in [5.74, 6) is 0.881. The van der Waals surface area contributed by atoms with Crippen molar-refractivity contribution in [2.45, 2.75) is 26.3 Å². The van der Waals surface area contributed by atoms with Crippen molar-refractivity contribution in [1.82, 2.24) is 9.47 Å². The first-order valence-electron chi connectivity index (χ1n) is 7.69. The highest BCUT2D eigenvalue weighted by atomic mass is 16.5. The van der Waals surface area contributed by atoms with Crippen LogP contribution in [0.1, 0.15) is 29.4 Å². The Bertz CT molecular complexity index is 758. The van der Waals surface area contributed by atoms with E-state index >= 15 is 0 Å². The number of nitrogens with zero attached hydrogens (tertiary/aromatic N) is 2. The van der Waals surface area contributed by atoms with Crippen molar-refractivity contribution in [2.24, 2.45) is 7.05 Å². The Kier molecular flexibility index (Phi) is 3.69. The molecule has 0 radical (unpaired) electrons. The molecule has 22 heavy (non-hydrogen) atoms. The minimum atomic E-state index is 0.105. The molecule has 0 bridgehead atoms. The zero-order chi connectivity index (χ0) is 15.9. The number of carbonyl (C=O) groups is 1. The average molecular weight is 298 g/mol. The van der Waals surface area contributed by atoms with E-state index in [0.717, 1.165) is 34.3 Å². The number of aryl methyl sites for hydroxylation is 1. The third kappa shape index (κ3) is 2.10. The number of fused-ring (bicyclic) bond motifs is 1. The number of amides is 1. The first kappa shape index (κ1) is 14.7. The number of rotatable bonds is 3. The van der Waals surface area contributed by atoms with E-state index in [4.69, 9.17) is 4.74 Å². The highest BCUT2D eigenvalue weighted by molar-refractivity contribution is 6.09. The highest BCUT2D eigenvalue weighted by Crippen LogP contribution is 2.30. The van der Waals surface area contributed by atoms with Crippen molar-refractivity contribution in [3.8, 4) is 5.75 Å². The molecule has 0 saturated carbocycles. The quantitative estimate of drug-likeness (QED) is 0.815. The average Bonchev–Trinajstić information content (AvgIpc) is 3.10. The number of methoxy groups -OCH3 is 1. The fraction of sp³-hybridized carbons (Fsp3) is 0.389. The monoisotopic (exact) mass is 298 g/mol. The molecular weight excluding hydrogens is 276 g/mol. The van der Waals surface area contributed by atoms with Crippen LogP contribution in [0.25, 0.3) is 10.9 Å². The number of ether oxygens (including phenoxy) is 1. The van der Waals surface area contributed by atoms with E-state index in [2.05, 4.69) is 23.6 Å². The standard InChI is InChI=1S/C18H22N2O2/c1-5-13-7-6-10-20(13)18(21)17-12(2)19(3)16-9-8-14(22-4)11-15(16)17/h6-9,11,13H,5,10H2,1-4H3/t13-/m0/s1. The summed E-state index contributed by atoms with van der Waals surface area (Å²) >= 11 is 0.